The van der Waals surface area contributed by atoms with Gasteiger partial charge in [0.05, 0.1) is 6.61 Å². The van der Waals surface area contributed by atoms with Crippen LogP contribution in [0.1, 0.15) is 42.4 Å². The molecule has 1 fully saturated rings. The van der Waals surface area contributed by atoms with E-state index in [2.05, 4.69) is 25.5 Å². The van der Waals surface area contributed by atoms with E-state index in [1.807, 2.05) is 32.0 Å². The number of hydrogen-bond acceptors (Lipinski definition) is 6. The lowest BCUT2D eigenvalue weighted by atomic mass is 10.1. The largest absolute Gasteiger partial charge is 0.494 e. The number of carbonyl (C=O) groups excluding carboxylic acids is 1. The van der Waals surface area contributed by atoms with Crippen LogP contribution in [0.25, 0.3) is 0 Å². The molecular weight excluding hydrogens is 354 g/mol. The zero-order valence-corrected chi connectivity index (χ0v) is 16.7. The van der Waals surface area contributed by atoms with Crippen LogP contribution in [0, 0.1) is 6.92 Å². The highest BCUT2D eigenvalue weighted by atomic mass is 16.5. The van der Waals surface area contributed by atoms with Crippen LogP contribution in [0.15, 0.2) is 30.3 Å². The second-order valence-electron chi connectivity index (χ2n) is 6.85. The molecule has 1 amide bonds. The third-order valence-corrected chi connectivity index (χ3v) is 4.65. The van der Waals surface area contributed by atoms with Crippen molar-refractivity contribution in [3.8, 4) is 5.75 Å². The lowest BCUT2D eigenvalue weighted by Crippen LogP contribution is -2.31. The van der Waals surface area contributed by atoms with Crippen LogP contribution in [-0.2, 0) is 0 Å². The van der Waals surface area contributed by atoms with Crippen LogP contribution in [0.4, 0.5) is 11.6 Å². The number of anilines is 2. The molecule has 0 unspecified atom stereocenters. The second-order valence-corrected chi connectivity index (χ2v) is 6.85. The van der Waals surface area contributed by atoms with Crippen molar-refractivity contribution in [2.24, 2.45) is 0 Å². The third-order valence-electron chi connectivity index (χ3n) is 4.65. The smallest absolute Gasteiger partial charge is 0.251 e. The molecule has 0 radical (unpaired) electrons. The number of ether oxygens (including phenoxy) is 1. The zero-order valence-electron chi connectivity index (χ0n) is 16.7. The van der Waals surface area contributed by atoms with Crippen molar-refractivity contribution in [1.29, 1.82) is 0 Å². The SMILES string of the molecule is CCOc1ccc(C(=O)NCCNc2cc(N3CCCCC3)nc(C)n2)cc1. The Balaban J connectivity index is 1.48. The van der Waals surface area contributed by atoms with E-state index in [4.69, 9.17) is 4.74 Å². The molecular formula is C21H29N5O2. The molecule has 1 aliphatic heterocycles. The van der Waals surface area contributed by atoms with Crippen molar-refractivity contribution in [3.05, 3.63) is 41.7 Å². The van der Waals surface area contributed by atoms with Crippen LogP contribution in [0.2, 0.25) is 0 Å². The summed E-state index contributed by atoms with van der Waals surface area (Å²) >= 11 is 0. The van der Waals surface area contributed by atoms with Gasteiger partial charge < -0.3 is 20.3 Å². The number of piperidine rings is 1. The van der Waals surface area contributed by atoms with Gasteiger partial charge in [-0.3, -0.25) is 4.79 Å². The summed E-state index contributed by atoms with van der Waals surface area (Å²) in [7, 11) is 0. The molecule has 7 heteroatoms. The van der Waals surface area contributed by atoms with Crippen LogP contribution in [0.3, 0.4) is 0 Å². The number of benzene rings is 1. The zero-order chi connectivity index (χ0) is 19.8. The standard InChI is InChI=1S/C21H29N5O2/c1-3-28-18-9-7-17(8-10-18)21(27)23-12-11-22-19-15-20(25-16(2)24-19)26-13-5-4-6-14-26/h7-10,15H,3-6,11-14H2,1-2H3,(H,23,27)(H,22,24,25). The molecule has 1 aromatic carbocycles. The van der Waals surface area contributed by atoms with Gasteiger partial charge in [-0.1, -0.05) is 0 Å². The fraction of sp³-hybridized carbons (Fsp3) is 0.476. The Bertz CT molecular complexity index is 773. The minimum atomic E-state index is -0.0993. The summed E-state index contributed by atoms with van der Waals surface area (Å²) in [6.45, 7) is 7.66. The molecule has 2 heterocycles. The Morgan fingerprint density at radius 1 is 1.11 bits per heavy atom. The Hall–Kier alpha value is -2.83. The molecule has 0 atom stereocenters. The van der Waals surface area contributed by atoms with Crippen molar-refractivity contribution in [3.63, 3.8) is 0 Å². The molecule has 2 aromatic rings. The van der Waals surface area contributed by atoms with Crippen molar-refractivity contribution < 1.29 is 9.53 Å². The van der Waals surface area contributed by atoms with E-state index in [0.29, 0.717) is 25.3 Å². The van der Waals surface area contributed by atoms with E-state index in [0.717, 1.165) is 36.3 Å². The summed E-state index contributed by atoms with van der Waals surface area (Å²) in [5, 5.41) is 6.20. The molecule has 0 bridgehead atoms. The van der Waals surface area contributed by atoms with E-state index in [1.54, 1.807) is 12.1 Å². The molecule has 7 nitrogen and oxygen atoms in total. The first-order chi connectivity index (χ1) is 13.7. The number of aryl methyl sites for hydroxylation is 1. The molecule has 0 saturated carbocycles. The summed E-state index contributed by atoms with van der Waals surface area (Å²) in [5.41, 5.74) is 0.619. The van der Waals surface area contributed by atoms with Gasteiger partial charge in [0.1, 0.15) is 23.2 Å². The van der Waals surface area contributed by atoms with Crippen molar-refractivity contribution in [1.82, 2.24) is 15.3 Å². The normalized spacial score (nSPS) is 13.9. The Morgan fingerprint density at radius 3 is 2.57 bits per heavy atom. The summed E-state index contributed by atoms with van der Waals surface area (Å²) in [5.74, 6) is 3.20. The molecule has 3 rings (SSSR count). The predicted molar refractivity (Wildman–Crippen MR) is 111 cm³/mol. The number of nitrogens with zero attached hydrogens (tertiary/aromatic N) is 3. The molecule has 1 aromatic heterocycles. The van der Waals surface area contributed by atoms with Gasteiger partial charge >= 0.3 is 0 Å². The van der Waals surface area contributed by atoms with Gasteiger partial charge in [0.2, 0.25) is 0 Å². The Labute approximate surface area is 166 Å². The average Bonchev–Trinajstić information content (AvgIpc) is 2.72. The van der Waals surface area contributed by atoms with E-state index >= 15 is 0 Å². The van der Waals surface area contributed by atoms with Crippen molar-refractivity contribution in [2.75, 3.05) is 43.0 Å². The maximum Gasteiger partial charge on any atom is 0.251 e. The minimum absolute atomic E-state index is 0.0993. The first-order valence-electron chi connectivity index (χ1n) is 10.0. The van der Waals surface area contributed by atoms with E-state index in [-0.39, 0.29) is 5.91 Å². The highest BCUT2D eigenvalue weighted by Crippen LogP contribution is 2.20. The highest BCUT2D eigenvalue weighted by molar-refractivity contribution is 5.94. The number of hydrogen-bond donors (Lipinski definition) is 2. The molecule has 1 aliphatic rings. The van der Waals surface area contributed by atoms with Crippen molar-refractivity contribution in [2.45, 2.75) is 33.1 Å². The van der Waals surface area contributed by atoms with Crippen LogP contribution < -0.4 is 20.3 Å². The van der Waals surface area contributed by atoms with Gasteiger partial charge in [-0.2, -0.15) is 0 Å². The first kappa shape index (κ1) is 19.9. The summed E-state index contributed by atoms with van der Waals surface area (Å²) < 4.78 is 5.39. The second kappa shape index (κ2) is 9.92. The topological polar surface area (TPSA) is 79.4 Å². The number of aromatic nitrogens is 2. The molecule has 0 aliphatic carbocycles. The van der Waals surface area contributed by atoms with Gasteiger partial charge in [0.25, 0.3) is 5.91 Å². The number of carbonyl (C=O) groups is 1. The lowest BCUT2D eigenvalue weighted by molar-refractivity contribution is 0.0955. The van der Waals surface area contributed by atoms with Gasteiger partial charge in [0.15, 0.2) is 0 Å². The van der Waals surface area contributed by atoms with Crippen molar-refractivity contribution >= 4 is 17.5 Å². The molecule has 0 spiro atoms. The van der Waals surface area contributed by atoms with E-state index in [1.165, 1.54) is 19.3 Å². The molecule has 2 N–H and O–H groups in total. The monoisotopic (exact) mass is 383 g/mol. The Kier molecular flexibility index (Phi) is 7.06. The fourth-order valence-electron chi connectivity index (χ4n) is 3.27. The highest BCUT2D eigenvalue weighted by Gasteiger charge is 2.13. The minimum Gasteiger partial charge on any atom is -0.494 e. The lowest BCUT2D eigenvalue weighted by Gasteiger charge is -2.28. The molecule has 1 saturated heterocycles. The Morgan fingerprint density at radius 2 is 1.86 bits per heavy atom. The van der Waals surface area contributed by atoms with Crippen LogP contribution >= 0.6 is 0 Å². The van der Waals surface area contributed by atoms with Gasteiger partial charge in [-0.25, -0.2) is 9.97 Å². The van der Waals surface area contributed by atoms with Crippen LogP contribution in [0.5, 0.6) is 5.75 Å². The van der Waals surface area contributed by atoms with E-state index < -0.39 is 0 Å². The number of amides is 1. The quantitative estimate of drug-likeness (QED) is 0.682. The summed E-state index contributed by atoms with van der Waals surface area (Å²) in [4.78, 5) is 23.6. The maximum absolute atomic E-state index is 12.2. The van der Waals surface area contributed by atoms with E-state index in [9.17, 15) is 4.79 Å². The first-order valence-corrected chi connectivity index (χ1v) is 10.0. The van der Waals surface area contributed by atoms with Crippen LogP contribution in [-0.4, -0.2) is 48.7 Å². The predicted octanol–water partition coefficient (Wildman–Crippen LogP) is 3.02. The maximum atomic E-state index is 12.2. The fourth-order valence-corrected chi connectivity index (χ4v) is 3.27. The summed E-state index contributed by atoms with van der Waals surface area (Å²) in [6, 6.07) is 9.15. The van der Waals surface area contributed by atoms with Gasteiger partial charge in [0, 0.05) is 37.8 Å². The average molecular weight is 383 g/mol. The summed E-state index contributed by atoms with van der Waals surface area (Å²) in [6.07, 6.45) is 3.71. The number of nitrogens with one attached hydrogen (secondary N) is 2. The molecule has 150 valence electrons. The van der Waals surface area contributed by atoms with Gasteiger partial charge in [-0.05, 0) is 57.4 Å². The molecule has 28 heavy (non-hydrogen) atoms. The number of rotatable bonds is 8. The third kappa shape index (κ3) is 5.58. The van der Waals surface area contributed by atoms with Gasteiger partial charge in [-0.15, -0.1) is 0 Å².